The van der Waals surface area contributed by atoms with Crippen LogP contribution in [-0.4, -0.2) is 24.1 Å². The maximum Gasteiger partial charge on any atom is 0.135 e. The molecule has 0 bridgehead atoms. The second-order valence-corrected chi connectivity index (χ2v) is 12.9. The number of fused-ring (bicyclic) bond motifs is 9. The van der Waals surface area contributed by atoms with Gasteiger partial charge in [-0.15, -0.1) is 0 Å². The van der Waals surface area contributed by atoms with Crippen LogP contribution in [0.15, 0.2) is 169 Å². The second-order valence-electron chi connectivity index (χ2n) is 12.9. The molecule has 0 fully saturated rings. The van der Waals surface area contributed by atoms with Crippen molar-refractivity contribution < 1.29 is 4.42 Å². The van der Waals surface area contributed by atoms with Crippen molar-refractivity contribution in [3.8, 4) is 33.8 Å². The molecular formula is C45H27N5O. The molecule has 11 rings (SSSR count). The molecule has 6 aromatic heterocycles. The lowest BCUT2D eigenvalue weighted by molar-refractivity contribution is 0.669. The number of aromatic nitrogens is 5. The number of furan rings is 1. The second kappa shape index (κ2) is 10.7. The van der Waals surface area contributed by atoms with E-state index < -0.39 is 0 Å². The van der Waals surface area contributed by atoms with Crippen molar-refractivity contribution in [2.24, 2.45) is 0 Å². The summed E-state index contributed by atoms with van der Waals surface area (Å²) < 4.78 is 11.0. The fourth-order valence-corrected chi connectivity index (χ4v) is 7.89. The fraction of sp³-hybridized carbons (Fsp3) is 0. The van der Waals surface area contributed by atoms with E-state index >= 15 is 0 Å². The molecule has 51 heavy (non-hydrogen) atoms. The first-order valence-corrected chi connectivity index (χ1v) is 17.0. The first-order chi connectivity index (χ1) is 25.3. The average Bonchev–Trinajstić information content (AvgIpc) is 3.85. The van der Waals surface area contributed by atoms with Crippen LogP contribution in [0.25, 0.3) is 99.4 Å². The highest BCUT2D eigenvalue weighted by molar-refractivity contribution is 6.12. The van der Waals surface area contributed by atoms with Gasteiger partial charge in [0.25, 0.3) is 0 Å². The first-order valence-electron chi connectivity index (χ1n) is 17.0. The van der Waals surface area contributed by atoms with Crippen LogP contribution in [0.2, 0.25) is 0 Å². The smallest absolute Gasteiger partial charge is 0.135 e. The van der Waals surface area contributed by atoms with Gasteiger partial charge < -0.3 is 13.6 Å². The molecule has 0 saturated heterocycles. The van der Waals surface area contributed by atoms with Crippen LogP contribution < -0.4 is 0 Å². The zero-order chi connectivity index (χ0) is 33.5. The van der Waals surface area contributed by atoms with Gasteiger partial charge in [0, 0.05) is 68.7 Å². The van der Waals surface area contributed by atoms with Gasteiger partial charge in [0.15, 0.2) is 0 Å². The van der Waals surface area contributed by atoms with Gasteiger partial charge >= 0.3 is 0 Å². The van der Waals surface area contributed by atoms with Crippen molar-refractivity contribution >= 4 is 65.7 Å². The van der Waals surface area contributed by atoms with Crippen LogP contribution >= 0.6 is 0 Å². The first kappa shape index (κ1) is 27.9. The predicted octanol–water partition coefficient (Wildman–Crippen LogP) is 11.3. The molecule has 6 heterocycles. The molecule has 0 spiro atoms. The molecule has 6 nitrogen and oxygen atoms in total. The van der Waals surface area contributed by atoms with Crippen LogP contribution in [-0.2, 0) is 0 Å². The van der Waals surface area contributed by atoms with Gasteiger partial charge in [-0.25, -0.2) is 0 Å². The Hall–Kier alpha value is -7.05. The number of para-hydroxylation sites is 1. The molecule has 11 aromatic rings. The molecular weight excluding hydrogens is 627 g/mol. The quantitative estimate of drug-likeness (QED) is 0.190. The summed E-state index contributed by atoms with van der Waals surface area (Å²) in [5.41, 5.74) is 13.6. The highest BCUT2D eigenvalue weighted by atomic mass is 16.3. The van der Waals surface area contributed by atoms with Gasteiger partial charge in [-0.05, 0) is 96.1 Å². The van der Waals surface area contributed by atoms with Crippen molar-refractivity contribution in [2.75, 3.05) is 0 Å². The van der Waals surface area contributed by atoms with Crippen molar-refractivity contribution in [2.45, 2.75) is 0 Å². The molecule has 0 N–H and O–H groups in total. The fourth-order valence-electron chi connectivity index (χ4n) is 7.89. The van der Waals surface area contributed by atoms with E-state index in [2.05, 4.69) is 140 Å². The van der Waals surface area contributed by atoms with Gasteiger partial charge in [-0.3, -0.25) is 15.0 Å². The lowest BCUT2D eigenvalue weighted by atomic mass is 9.96. The third-order valence-corrected chi connectivity index (χ3v) is 10.1. The van der Waals surface area contributed by atoms with Crippen LogP contribution in [0.1, 0.15) is 0 Å². The van der Waals surface area contributed by atoms with Crippen molar-refractivity contribution in [3.63, 3.8) is 0 Å². The Bertz CT molecular complexity index is 3100. The van der Waals surface area contributed by atoms with Crippen molar-refractivity contribution in [1.82, 2.24) is 24.1 Å². The minimum atomic E-state index is 0.852. The normalized spacial score (nSPS) is 11.9. The summed E-state index contributed by atoms with van der Waals surface area (Å²) in [6.45, 7) is 0. The van der Waals surface area contributed by atoms with Gasteiger partial charge in [0.2, 0.25) is 0 Å². The van der Waals surface area contributed by atoms with E-state index in [1.165, 1.54) is 0 Å². The zero-order valence-electron chi connectivity index (χ0n) is 27.2. The Balaban J connectivity index is 1.10. The van der Waals surface area contributed by atoms with E-state index in [1.807, 2.05) is 43.0 Å². The van der Waals surface area contributed by atoms with E-state index in [1.54, 1.807) is 0 Å². The summed E-state index contributed by atoms with van der Waals surface area (Å²) in [5.74, 6) is 0. The van der Waals surface area contributed by atoms with E-state index in [4.69, 9.17) is 9.40 Å². The molecule has 0 atom stereocenters. The molecule has 6 heteroatoms. The number of hydrogen-bond acceptors (Lipinski definition) is 4. The number of hydrogen-bond donors (Lipinski definition) is 0. The average molecular weight is 654 g/mol. The van der Waals surface area contributed by atoms with Crippen LogP contribution in [0.5, 0.6) is 0 Å². The number of nitrogens with zero attached hydrogens (tertiary/aromatic N) is 5. The van der Waals surface area contributed by atoms with Crippen LogP contribution in [0, 0.1) is 0 Å². The Morgan fingerprint density at radius 2 is 1.12 bits per heavy atom. The topological polar surface area (TPSA) is 61.7 Å². The van der Waals surface area contributed by atoms with Gasteiger partial charge in [-0.2, -0.15) is 0 Å². The number of rotatable bonds is 4. The third kappa shape index (κ3) is 4.14. The largest absolute Gasteiger partial charge is 0.456 e. The van der Waals surface area contributed by atoms with E-state index in [0.29, 0.717) is 0 Å². The Kier molecular flexibility index (Phi) is 5.86. The molecule has 0 aliphatic carbocycles. The molecule has 0 aliphatic heterocycles. The predicted molar refractivity (Wildman–Crippen MR) is 207 cm³/mol. The minimum absolute atomic E-state index is 0.852. The monoisotopic (exact) mass is 653 g/mol. The van der Waals surface area contributed by atoms with E-state index in [0.717, 1.165) is 99.4 Å². The molecule has 0 aliphatic rings. The minimum Gasteiger partial charge on any atom is -0.456 e. The van der Waals surface area contributed by atoms with Gasteiger partial charge in [0.05, 0.1) is 33.3 Å². The molecule has 0 saturated carbocycles. The van der Waals surface area contributed by atoms with Crippen molar-refractivity contribution in [1.29, 1.82) is 0 Å². The zero-order valence-corrected chi connectivity index (χ0v) is 27.2. The summed E-state index contributed by atoms with van der Waals surface area (Å²) >= 11 is 0. The van der Waals surface area contributed by atoms with E-state index in [-0.39, 0.29) is 0 Å². The van der Waals surface area contributed by atoms with Gasteiger partial charge in [-0.1, -0.05) is 54.6 Å². The van der Waals surface area contributed by atoms with Crippen molar-refractivity contribution in [3.05, 3.63) is 164 Å². The lowest BCUT2D eigenvalue weighted by Crippen LogP contribution is -1.94. The molecule has 5 aromatic carbocycles. The molecule has 238 valence electrons. The van der Waals surface area contributed by atoms with Gasteiger partial charge in [0.1, 0.15) is 11.2 Å². The highest BCUT2D eigenvalue weighted by Gasteiger charge is 2.18. The van der Waals surface area contributed by atoms with E-state index in [9.17, 15) is 0 Å². The Labute approximate surface area is 291 Å². The lowest BCUT2D eigenvalue weighted by Gasteiger charge is -2.11. The summed E-state index contributed by atoms with van der Waals surface area (Å²) in [7, 11) is 0. The number of pyridine rings is 3. The maximum atomic E-state index is 6.41. The Morgan fingerprint density at radius 1 is 0.431 bits per heavy atom. The van der Waals surface area contributed by atoms with Crippen LogP contribution in [0.3, 0.4) is 0 Å². The molecule has 0 amide bonds. The van der Waals surface area contributed by atoms with Crippen LogP contribution in [0.4, 0.5) is 0 Å². The maximum absolute atomic E-state index is 6.41. The summed E-state index contributed by atoms with van der Waals surface area (Å²) in [5, 5.41) is 5.51. The molecule has 0 radical (unpaired) electrons. The molecule has 0 unspecified atom stereocenters. The summed E-state index contributed by atoms with van der Waals surface area (Å²) in [6.07, 6.45) is 7.55. The SMILES string of the molecule is c1ccc(-c2ccccc2-c2ccc3c(c2)c2cnccc2n3-c2ccc3oc4ccc(-n5c6ccccc6c6ncccc65)cc4c3c2)nc1. The Morgan fingerprint density at radius 3 is 1.94 bits per heavy atom. The standard InChI is InChI=1S/C45H27N5O/c1-2-9-32(38-11-5-6-21-47-38)31(8-1)28-14-17-40-34(24-28)37-27-46-23-20-41(37)49(40)29-15-18-43-35(25-29)36-26-30(16-19-44(36)51-43)50-39-12-4-3-10-33(39)45-42(50)13-7-22-48-45/h1-27H. The summed E-state index contributed by atoms with van der Waals surface area (Å²) in [4.78, 5) is 13.9. The summed E-state index contributed by atoms with van der Waals surface area (Å²) in [6, 6.07) is 48.9. The highest BCUT2D eigenvalue weighted by Crippen LogP contribution is 2.40. The third-order valence-electron chi connectivity index (χ3n) is 10.1. The number of benzene rings is 5.